The van der Waals surface area contributed by atoms with Crippen molar-refractivity contribution in [2.45, 2.75) is 38.4 Å². The maximum absolute atomic E-state index is 13.3. The van der Waals surface area contributed by atoms with Gasteiger partial charge in [0.2, 0.25) is 0 Å². The Morgan fingerprint density at radius 1 is 1.19 bits per heavy atom. The number of halogens is 3. The Morgan fingerprint density at radius 2 is 2.00 bits per heavy atom. The lowest BCUT2D eigenvalue weighted by Crippen LogP contribution is -2.18. The number of nitrogens with zero attached hydrogens (tertiary/aromatic N) is 6. The van der Waals surface area contributed by atoms with E-state index < -0.39 is 18.6 Å². The molecule has 36 heavy (non-hydrogen) atoms. The molecule has 0 spiro atoms. The second kappa shape index (κ2) is 9.10. The van der Waals surface area contributed by atoms with E-state index in [1.54, 1.807) is 31.6 Å². The molecule has 12 heteroatoms. The number of carbonyl (C=O) groups excluding carboxylic acids is 1. The van der Waals surface area contributed by atoms with E-state index in [9.17, 15) is 18.0 Å². The monoisotopic (exact) mass is 496 g/mol. The summed E-state index contributed by atoms with van der Waals surface area (Å²) in [6.45, 7) is 0.707. The Bertz CT molecular complexity index is 1420. The van der Waals surface area contributed by atoms with Gasteiger partial charge in [0.15, 0.2) is 5.82 Å². The van der Waals surface area contributed by atoms with Crippen molar-refractivity contribution in [3.05, 3.63) is 66.0 Å². The van der Waals surface area contributed by atoms with Gasteiger partial charge in [-0.05, 0) is 49.6 Å². The first kappa shape index (κ1) is 23.5. The van der Waals surface area contributed by atoms with Crippen LogP contribution in [0.15, 0.2) is 49.2 Å². The fourth-order valence-corrected chi connectivity index (χ4v) is 4.00. The largest absolute Gasteiger partial charge is 0.406 e. The summed E-state index contributed by atoms with van der Waals surface area (Å²) in [7, 11) is 1.72. The Balaban J connectivity index is 1.42. The molecule has 0 bridgehead atoms. The van der Waals surface area contributed by atoms with Crippen LogP contribution in [0, 0.1) is 6.92 Å². The van der Waals surface area contributed by atoms with Gasteiger partial charge in [0, 0.05) is 24.8 Å². The van der Waals surface area contributed by atoms with Crippen LogP contribution in [0.5, 0.6) is 0 Å². The summed E-state index contributed by atoms with van der Waals surface area (Å²) >= 11 is 0. The Labute approximate surface area is 204 Å². The van der Waals surface area contributed by atoms with E-state index in [1.165, 1.54) is 6.07 Å². The van der Waals surface area contributed by atoms with Gasteiger partial charge < -0.3 is 19.8 Å². The molecule has 0 radical (unpaired) electrons. The number of benzene rings is 1. The van der Waals surface area contributed by atoms with Crippen LogP contribution in [0.2, 0.25) is 0 Å². The van der Waals surface area contributed by atoms with E-state index in [0.29, 0.717) is 17.2 Å². The maximum Gasteiger partial charge on any atom is 0.406 e. The molecule has 0 saturated heterocycles. The molecular weight excluding hydrogens is 473 g/mol. The van der Waals surface area contributed by atoms with Crippen LogP contribution in [-0.2, 0) is 6.54 Å². The summed E-state index contributed by atoms with van der Waals surface area (Å²) < 4.78 is 41.4. The lowest BCUT2D eigenvalue weighted by Gasteiger charge is -2.15. The van der Waals surface area contributed by atoms with Gasteiger partial charge in [-0.3, -0.25) is 4.79 Å². The average molecular weight is 496 g/mol. The summed E-state index contributed by atoms with van der Waals surface area (Å²) in [5.74, 6) is 0.196. The molecule has 1 aliphatic carbocycles. The number of aryl methyl sites for hydroxylation is 1. The Kier molecular flexibility index (Phi) is 5.94. The highest BCUT2D eigenvalue weighted by Crippen LogP contribution is 2.39. The summed E-state index contributed by atoms with van der Waals surface area (Å²) in [5.41, 5.74) is 3.97. The SMILES string of the molecule is CNc1cc(C)c(-n2cnc(C3CC3)c2)cc1C(=O)Nc1cccc(-c2nncn2CC(F)(F)F)n1. The van der Waals surface area contributed by atoms with Crippen molar-refractivity contribution in [1.29, 1.82) is 0 Å². The van der Waals surface area contributed by atoms with Gasteiger partial charge in [-0.1, -0.05) is 6.07 Å². The molecule has 4 aromatic rings. The molecule has 5 rings (SSSR count). The standard InChI is InChI=1S/C24H23F3N8O/c1-14-8-18(28-2)16(9-20(14)34-10-19(29-12-34)15-6-7-15)23(36)32-21-5-3-4-17(31-21)22-33-30-13-35(22)11-24(25,26)27/h3-5,8-10,12-13,15,28H,6-7,11H2,1-2H3,(H,31,32,36). The van der Waals surface area contributed by atoms with Crippen molar-refractivity contribution < 1.29 is 18.0 Å². The van der Waals surface area contributed by atoms with Crippen LogP contribution < -0.4 is 10.6 Å². The molecule has 0 atom stereocenters. The number of imidazole rings is 1. The number of alkyl halides is 3. The minimum absolute atomic E-state index is 0.0523. The molecule has 1 fully saturated rings. The third-order valence-corrected chi connectivity index (χ3v) is 5.91. The van der Waals surface area contributed by atoms with Crippen LogP contribution in [0.4, 0.5) is 24.7 Å². The number of carbonyl (C=O) groups is 1. The molecule has 0 unspecified atom stereocenters. The second-order valence-electron chi connectivity index (χ2n) is 8.67. The minimum atomic E-state index is -4.44. The summed E-state index contributed by atoms with van der Waals surface area (Å²) in [6, 6.07) is 8.29. The number of hydrogen-bond donors (Lipinski definition) is 2. The highest BCUT2D eigenvalue weighted by molar-refractivity contribution is 6.08. The first-order valence-electron chi connectivity index (χ1n) is 11.3. The normalized spacial score (nSPS) is 13.6. The molecule has 186 valence electrons. The maximum atomic E-state index is 13.3. The minimum Gasteiger partial charge on any atom is -0.387 e. The topological polar surface area (TPSA) is 103 Å². The van der Waals surface area contributed by atoms with Gasteiger partial charge in [-0.25, -0.2) is 9.97 Å². The highest BCUT2D eigenvalue weighted by atomic mass is 19.4. The predicted octanol–water partition coefficient (Wildman–Crippen LogP) is 4.57. The van der Waals surface area contributed by atoms with Crippen LogP contribution in [-0.4, -0.2) is 48.4 Å². The van der Waals surface area contributed by atoms with Crippen molar-refractivity contribution >= 4 is 17.4 Å². The fourth-order valence-electron chi connectivity index (χ4n) is 4.00. The smallest absolute Gasteiger partial charge is 0.387 e. The van der Waals surface area contributed by atoms with Crippen molar-refractivity contribution in [1.82, 2.24) is 29.3 Å². The first-order valence-corrected chi connectivity index (χ1v) is 11.3. The number of rotatable bonds is 7. The Morgan fingerprint density at radius 3 is 2.72 bits per heavy atom. The number of anilines is 2. The molecule has 1 aliphatic rings. The van der Waals surface area contributed by atoms with Crippen molar-refractivity contribution in [2.75, 3.05) is 17.7 Å². The van der Waals surface area contributed by atoms with Crippen molar-refractivity contribution in [3.8, 4) is 17.2 Å². The van der Waals surface area contributed by atoms with E-state index in [0.717, 1.165) is 40.7 Å². The van der Waals surface area contributed by atoms with Gasteiger partial charge in [-0.2, -0.15) is 13.2 Å². The Hall–Kier alpha value is -4.22. The molecular formula is C24H23F3N8O. The third-order valence-electron chi connectivity index (χ3n) is 5.91. The number of amides is 1. The number of hydrogen-bond acceptors (Lipinski definition) is 6. The van der Waals surface area contributed by atoms with Gasteiger partial charge >= 0.3 is 6.18 Å². The van der Waals surface area contributed by atoms with Gasteiger partial charge in [0.25, 0.3) is 5.91 Å². The predicted molar refractivity (Wildman–Crippen MR) is 127 cm³/mol. The van der Waals surface area contributed by atoms with E-state index >= 15 is 0 Å². The molecule has 2 N–H and O–H groups in total. The quantitative estimate of drug-likeness (QED) is 0.389. The molecule has 1 amide bonds. The first-order chi connectivity index (χ1) is 17.2. The highest BCUT2D eigenvalue weighted by Gasteiger charge is 2.30. The summed E-state index contributed by atoms with van der Waals surface area (Å²) in [4.78, 5) is 22.1. The third kappa shape index (κ3) is 4.92. The van der Waals surface area contributed by atoms with Crippen LogP contribution in [0.1, 0.15) is 40.4 Å². The molecule has 1 aromatic carbocycles. The molecule has 0 aliphatic heterocycles. The van der Waals surface area contributed by atoms with E-state index in [2.05, 4.69) is 30.8 Å². The lowest BCUT2D eigenvalue weighted by molar-refractivity contribution is -0.140. The zero-order chi connectivity index (χ0) is 25.4. The molecule has 3 heterocycles. The van der Waals surface area contributed by atoms with E-state index in [4.69, 9.17) is 0 Å². The molecule has 1 saturated carbocycles. The second-order valence-corrected chi connectivity index (χ2v) is 8.67. The number of pyridine rings is 1. The van der Waals surface area contributed by atoms with Gasteiger partial charge in [-0.15, -0.1) is 10.2 Å². The number of aromatic nitrogens is 6. The zero-order valence-corrected chi connectivity index (χ0v) is 19.5. The zero-order valence-electron chi connectivity index (χ0n) is 19.5. The van der Waals surface area contributed by atoms with E-state index in [-0.39, 0.29) is 17.3 Å². The van der Waals surface area contributed by atoms with E-state index in [1.807, 2.05) is 23.8 Å². The van der Waals surface area contributed by atoms with Gasteiger partial charge in [0.1, 0.15) is 24.4 Å². The van der Waals surface area contributed by atoms with Crippen LogP contribution >= 0.6 is 0 Å². The van der Waals surface area contributed by atoms with Gasteiger partial charge in [0.05, 0.1) is 23.3 Å². The fraction of sp³-hybridized carbons (Fsp3) is 0.292. The average Bonchev–Trinajstić information content (AvgIpc) is 3.39. The summed E-state index contributed by atoms with van der Waals surface area (Å²) in [6.07, 6.45) is 2.57. The molecule has 9 nitrogen and oxygen atoms in total. The summed E-state index contributed by atoms with van der Waals surface area (Å²) in [5, 5.41) is 13.1. The van der Waals surface area contributed by atoms with Crippen LogP contribution in [0.3, 0.4) is 0 Å². The van der Waals surface area contributed by atoms with Crippen molar-refractivity contribution in [2.24, 2.45) is 0 Å². The number of nitrogens with one attached hydrogen (secondary N) is 2. The van der Waals surface area contributed by atoms with Crippen LogP contribution in [0.25, 0.3) is 17.2 Å². The molecule has 3 aromatic heterocycles. The van der Waals surface area contributed by atoms with Crippen molar-refractivity contribution in [3.63, 3.8) is 0 Å². The lowest BCUT2D eigenvalue weighted by atomic mass is 10.1.